The van der Waals surface area contributed by atoms with E-state index in [1.807, 2.05) is 30.5 Å². The average molecular weight is 258 g/mol. The lowest BCUT2D eigenvalue weighted by Crippen LogP contribution is -2.38. The molecule has 2 rings (SSSR count). The minimum absolute atomic E-state index is 0.203. The van der Waals surface area contributed by atoms with Gasteiger partial charge in [0.05, 0.1) is 12.3 Å². The van der Waals surface area contributed by atoms with Crippen molar-refractivity contribution in [1.29, 1.82) is 0 Å². The molecule has 0 amide bonds. The molecular weight excluding hydrogens is 242 g/mol. The predicted octanol–water partition coefficient (Wildman–Crippen LogP) is 1.38. The van der Waals surface area contributed by atoms with Crippen molar-refractivity contribution in [2.45, 2.75) is 19.9 Å². The molecule has 0 spiro atoms. The second-order valence-electron chi connectivity index (χ2n) is 3.95. The molecule has 0 saturated heterocycles. The summed E-state index contributed by atoms with van der Waals surface area (Å²) >= 11 is 0. The maximum Gasteiger partial charge on any atom is 0.312 e. The molecule has 5 nitrogen and oxygen atoms in total. The number of rotatable bonds is 5. The first-order valence-electron chi connectivity index (χ1n) is 6.22. The molecule has 0 aliphatic carbocycles. The van der Waals surface area contributed by atoms with E-state index < -0.39 is 0 Å². The smallest absolute Gasteiger partial charge is 0.312 e. The highest BCUT2D eigenvalue weighted by Crippen LogP contribution is 2.12. The van der Waals surface area contributed by atoms with E-state index in [0.29, 0.717) is 19.6 Å². The third-order valence-electron chi connectivity index (χ3n) is 2.58. The summed E-state index contributed by atoms with van der Waals surface area (Å²) in [5.74, 6) is -0.203. The molecule has 5 heteroatoms. The number of pyridine rings is 1. The van der Waals surface area contributed by atoms with Crippen molar-refractivity contribution in [3.8, 4) is 11.3 Å². The van der Waals surface area contributed by atoms with Crippen LogP contribution in [0.5, 0.6) is 0 Å². The van der Waals surface area contributed by atoms with Crippen LogP contribution in [0.2, 0.25) is 0 Å². The molecule has 0 unspecified atom stereocenters. The quantitative estimate of drug-likeness (QED) is 0.600. The standard InChI is InChI=1S/C14H16N3O2/c1-2-19-14(18)7-10-17-9-6-12(11-16-17)13-5-3-4-8-15-13/h3-6,8-9,11H,2,7,10H2,1H3/q+1. The van der Waals surface area contributed by atoms with E-state index in [1.165, 1.54) is 0 Å². The molecule has 0 N–H and O–H groups in total. The van der Waals surface area contributed by atoms with Gasteiger partial charge in [-0.15, -0.1) is 0 Å². The molecule has 0 atom stereocenters. The zero-order chi connectivity index (χ0) is 13.5. The van der Waals surface area contributed by atoms with Crippen molar-refractivity contribution in [3.63, 3.8) is 0 Å². The van der Waals surface area contributed by atoms with Gasteiger partial charge in [-0.25, -0.2) is 0 Å². The third-order valence-corrected chi connectivity index (χ3v) is 2.58. The molecule has 2 heterocycles. The molecule has 19 heavy (non-hydrogen) atoms. The van der Waals surface area contributed by atoms with E-state index >= 15 is 0 Å². The fraction of sp³-hybridized carbons (Fsp3) is 0.286. The minimum atomic E-state index is -0.203. The van der Waals surface area contributed by atoms with Crippen LogP contribution in [-0.4, -0.2) is 22.7 Å². The van der Waals surface area contributed by atoms with Gasteiger partial charge >= 0.3 is 5.97 Å². The molecule has 2 aromatic heterocycles. The third kappa shape index (κ3) is 3.84. The Labute approximate surface area is 111 Å². The number of hydrogen-bond acceptors (Lipinski definition) is 4. The number of ether oxygens (including phenoxy) is 1. The maximum absolute atomic E-state index is 11.2. The van der Waals surface area contributed by atoms with Crippen LogP contribution >= 0.6 is 0 Å². The Bertz CT molecular complexity index is 526. The van der Waals surface area contributed by atoms with Crippen molar-refractivity contribution >= 4 is 5.97 Å². The van der Waals surface area contributed by atoms with Gasteiger partial charge < -0.3 is 4.74 Å². The lowest BCUT2D eigenvalue weighted by Gasteiger charge is -1.99. The number of carbonyl (C=O) groups excluding carboxylic acids is 1. The van der Waals surface area contributed by atoms with E-state index in [1.54, 1.807) is 24.0 Å². The predicted molar refractivity (Wildman–Crippen MR) is 68.9 cm³/mol. The van der Waals surface area contributed by atoms with E-state index in [0.717, 1.165) is 11.3 Å². The molecule has 0 radical (unpaired) electrons. The normalized spacial score (nSPS) is 10.2. The molecule has 0 aliphatic heterocycles. The van der Waals surface area contributed by atoms with E-state index in [4.69, 9.17) is 4.74 Å². The van der Waals surface area contributed by atoms with Gasteiger partial charge in [0, 0.05) is 17.8 Å². The van der Waals surface area contributed by atoms with Gasteiger partial charge in [-0.1, -0.05) is 10.7 Å². The van der Waals surface area contributed by atoms with Gasteiger partial charge in [-0.2, -0.15) is 0 Å². The number of hydrogen-bond donors (Lipinski definition) is 0. The fourth-order valence-electron chi connectivity index (χ4n) is 1.64. The van der Waals surface area contributed by atoms with Gasteiger partial charge in [0.15, 0.2) is 12.7 Å². The first-order chi connectivity index (χ1) is 9.29. The Morgan fingerprint density at radius 1 is 1.37 bits per heavy atom. The zero-order valence-electron chi connectivity index (χ0n) is 10.8. The summed E-state index contributed by atoms with van der Waals surface area (Å²) in [5, 5.41) is 4.26. The van der Waals surface area contributed by atoms with Crippen molar-refractivity contribution in [2.24, 2.45) is 0 Å². The first kappa shape index (κ1) is 13.1. The topological polar surface area (TPSA) is 56.0 Å². The van der Waals surface area contributed by atoms with E-state index in [2.05, 4.69) is 10.1 Å². The summed E-state index contributed by atoms with van der Waals surface area (Å²) < 4.78 is 6.58. The number of carbonyl (C=O) groups is 1. The van der Waals surface area contributed by atoms with Crippen LogP contribution in [0.4, 0.5) is 0 Å². The van der Waals surface area contributed by atoms with Crippen LogP contribution in [0.25, 0.3) is 11.3 Å². The Morgan fingerprint density at radius 3 is 2.89 bits per heavy atom. The van der Waals surface area contributed by atoms with Crippen molar-refractivity contribution in [2.75, 3.05) is 6.61 Å². The highest BCUT2D eigenvalue weighted by atomic mass is 16.5. The SMILES string of the molecule is CCOC(=O)CC[n+]1ccc(-c2ccccn2)cn1. The lowest BCUT2D eigenvalue weighted by molar-refractivity contribution is -0.752. The van der Waals surface area contributed by atoms with Crippen LogP contribution in [0, 0.1) is 0 Å². The Balaban J connectivity index is 1.97. The van der Waals surface area contributed by atoms with Crippen molar-refractivity contribution in [3.05, 3.63) is 42.9 Å². The number of nitrogens with zero attached hydrogens (tertiary/aromatic N) is 3. The van der Waals surface area contributed by atoms with Gasteiger partial charge in [0.2, 0.25) is 0 Å². The second-order valence-corrected chi connectivity index (χ2v) is 3.95. The molecule has 0 bridgehead atoms. The highest BCUT2D eigenvalue weighted by Gasteiger charge is 2.09. The summed E-state index contributed by atoms with van der Waals surface area (Å²) in [6, 6.07) is 7.67. The van der Waals surface area contributed by atoms with Crippen LogP contribution < -0.4 is 4.68 Å². The summed E-state index contributed by atoms with van der Waals surface area (Å²) in [7, 11) is 0. The summed E-state index contributed by atoms with van der Waals surface area (Å²) in [5.41, 5.74) is 1.83. The Hall–Kier alpha value is -2.30. The summed E-state index contributed by atoms with van der Waals surface area (Å²) in [4.78, 5) is 15.5. The molecule has 0 fully saturated rings. The Kier molecular flexibility index (Phi) is 4.55. The molecule has 0 saturated carbocycles. The zero-order valence-corrected chi connectivity index (χ0v) is 10.8. The minimum Gasteiger partial charge on any atom is -0.466 e. The van der Waals surface area contributed by atoms with Gasteiger partial charge in [-0.05, 0) is 24.2 Å². The fourth-order valence-corrected chi connectivity index (χ4v) is 1.64. The lowest BCUT2D eigenvalue weighted by atomic mass is 10.2. The molecular formula is C14H16N3O2+. The van der Waals surface area contributed by atoms with Crippen molar-refractivity contribution < 1.29 is 14.2 Å². The molecule has 0 aliphatic rings. The number of aryl methyl sites for hydroxylation is 1. The van der Waals surface area contributed by atoms with Crippen LogP contribution in [0.1, 0.15) is 13.3 Å². The Morgan fingerprint density at radius 2 is 2.26 bits per heavy atom. The molecule has 0 aromatic carbocycles. The van der Waals surface area contributed by atoms with E-state index in [-0.39, 0.29) is 5.97 Å². The van der Waals surface area contributed by atoms with Crippen molar-refractivity contribution in [1.82, 2.24) is 10.1 Å². The molecule has 2 aromatic rings. The first-order valence-corrected chi connectivity index (χ1v) is 6.22. The van der Waals surface area contributed by atoms with Gasteiger partial charge in [-0.3, -0.25) is 9.78 Å². The monoisotopic (exact) mass is 258 g/mol. The number of aromatic nitrogens is 3. The second kappa shape index (κ2) is 6.58. The summed E-state index contributed by atoms with van der Waals surface area (Å²) in [6.07, 6.45) is 5.66. The highest BCUT2D eigenvalue weighted by molar-refractivity contribution is 5.68. The van der Waals surface area contributed by atoms with Gasteiger partial charge in [0.1, 0.15) is 12.6 Å². The molecule has 98 valence electrons. The largest absolute Gasteiger partial charge is 0.466 e. The summed E-state index contributed by atoms with van der Waals surface area (Å²) in [6.45, 7) is 2.72. The van der Waals surface area contributed by atoms with Crippen LogP contribution in [-0.2, 0) is 16.1 Å². The maximum atomic E-state index is 11.2. The van der Waals surface area contributed by atoms with Crippen LogP contribution in [0.3, 0.4) is 0 Å². The number of esters is 1. The van der Waals surface area contributed by atoms with E-state index in [9.17, 15) is 4.79 Å². The average Bonchev–Trinajstić information content (AvgIpc) is 2.47. The van der Waals surface area contributed by atoms with Crippen LogP contribution in [0.15, 0.2) is 42.9 Å². The van der Waals surface area contributed by atoms with Gasteiger partial charge in [0.25, 0.3) is 0 Å².